The van der Waals surface area contributed by atoms with Gasteiger partial charge in [-0.25, -0.2) is 0 Å². The van der Waals surface area contributed by atoms with Gasteiger partial charge in [0.1, 0.15) is 5.60 Å². The van der Waals surface area contributed by atoms with Crippen LogP contribution in [0.25, 0.3) is 0 Å². The van der Waals surface area contributed by atoms with E-state index in [1.807, 2.05) is 18.5 Å². The molecule has 2 atom stereocenters. The van der Waals surface area contributed by atoms with E-state index in [0.717, 1.165) is 32.5 Å². The highest BCUT2D eigenvalue weighted by Crippen LogP contribution is 2.34. The van der Waals surface area contributed by atoms with Crippen LogP contribution in [0.5, 0.6) is 0 Å². The van der Waals surface area contributed by atoms with Gasteiger partial charge in [0.25, 0.3) is 0 Å². The van der Waals surface area contributed by atoms with Gasteiger partial charge in [-0.1, -0.05) is 17.9 Å². The molecule has 130 valence electrons. The van der Waals surface area contributed by atoms with Crippen LogP contribution in [0.4, 0.5) is 0 Å². The van der Waals surface area contributed by atoms with Crippen LogP contribution in [0.15, 0.2) is 24.5 Å². The highest BCUT2D eigenvalue weighted by Gasteiger charge is 2.35. The van der Waals surface area contributed by atoms with E-state index in [9.17, 15) is 0 Å². The third-order valence-electron chi connectivity index (χ3n) is 5.25. The standard InChI is InChI=1S/C21H30N2O/c1-20(2)10-6-11-21(3,24-20)12-7-15-23-14-5-9-19(17-23)18-8-4-13-22-16-18/h4,8,13,16,19H,5-6,9-11,14-15,17H2,1-3H3/t19-,21+/m1/s1. The fourth-order valence-corrected chi connectivity index (χ4v) is 4.08. The summed E-state index contributed by atoms with van der Waals surface area (Å²) in [4.78, 5) is 6.75. The molecule has 2 aliphatic heterocycles. The molecule has 0 radical (unpaired) electrons. The van der Waals surface area contributed by atoms with Crippen LogP contribution in [-0.4, -0.2) is 40.7 Å². The number of pyridine rings is 1. The van der Waals surface area contributed by atoms with Crippen molar-refractivity contribution in [1.82, 2.24) is 9.88 Å². The first-order chi connectivity index (χ1) is 11.5. The van der Waals surface area contributed by atoms with Gasteiger partial charge in [-0.05, 0) is 77.0 Å². The molecule has 0 spiro atoms. The van der Waals surface area contributed by atoms with Crippen molar-refractivity contribution in [3.8, 4) is 11.8 Å². The molecule has 0 amide bonds. The minimum Gasteiger partial charge on any atom is -0.357 e. The van der Waals surface area contributed by atoms with Gasteiger partial charge in [0.05, 0.1) is 12.1 Å². The average Bonchev–Trinajstić information content (AvgIpc) is 2.55. The Balaban J connectivity index is 1.57. The van der Waals surface area contributed by atoms with Gasteiger partial charge in [-0.15, -0.1) is 0 Å². The molecule has 0 N–H and O–H groups in total. The Kier molecular flexibility index (Phi) is 5.27. The fourth-order valence-electron chi connectivity index (χ4n) is 4.08. The number of piperidine rings is 1. The summed E-state index contributed by atoms with van der Waals surface area (Å²) >= 11 is 0. The lowest BCUT2D eigenvalue weighted by atomic mass is 9.88. The number of likely N-dealkylation sites (tertiary alicyclic amines) is 1. The molecule has 2 saturated heterocycles. The van der Waals surface area contributed by atoms with E-state index < -0.39 is 0 Å². The molecule has 3 nitrogen and oxygen atoms in total. The molecular weight excluding hydrogens is 296 g/mol. The second-order valence-corrected chi connectivity index (χ2v) is 8.11. The Morgan fingerprint density at radius 1 is 1.29 bits per heavy atom. The molecule has 3 heteroatoms. The van der Waals surface area contributed by atoms with Gasteiger partial charge < -0.3 is 4.74 Å². The molecule has 0 aromatic carbocycles. The summed E-state index contributed by atoms with van der Waals surface area (Å²) < 4.78 is 6.24. The van der Waals surface area contributed by atoms with Crippen molar-refractivity contribution >= 4 is 0 Å². The van der Waals surface area contributed by atoms with Gasteiger partial charge in [-0.2, -0.15) is 0 Å². The highest BCUT2D eigenvalue weighted by molar-refractivity contribution is 5.18. The molecule has 2 fully saturated rings. The molecule has 0 bridgehead atoms. The molecule has 3 rings (SSSR count). The molecule has 1 aromatic rings. The van der Waals surface area contributed by atoms with Crippen molar-refractivity contribution in [3.05, 3.63) is 30.1 Å². The van der Waals surface area contributed by atoms with Crippen molar-refractivity contribution in [2.24, 2.45) is 0 Å². The first-order valence-electron chi connectivity index (χ1n) is 9.28. The zero-order valence-electron chi connectivity index (χ0n) is 15.3. The molecule has 0 unspecified atom stereocenters. The van der Waals surface area contributed by atoms with Crippen molar-refractivity contribution in [3.63, 3.8) is 0 Å². The van der Waals surface area contributed by atoms with Crippen molar-refractivity contribution in [2.45, 2.75) is 70.0 Å². The maximum absolute atomic E-state index is 6.24. The quantitative estimate of drug-likeness (QED) is 0.768. The zero-order chi connectivity index (χ0) is 17.0. The Hall–Kier alpha value is -1.37. The third kappa shape index (κ3) is 4.59. The number of nitrogens with zero attached hydrogens (tertiary/aromatic N) is 2. The topological polar surface area (TPSA) is 25.4 Å². The zero-order valence-corrected chi connectivity index (χ0v) is 15.3. The summed E-state index contributed by atoms with van der Waals surface area (Å²) in [5.74, 6) is 7.43. The largest absolute Gasteiger partial charge is 0.357 e. The van der Waals surface area contributed by atoms with E-state index in [2.05, 4.69) is 48.6 Å². The summed E-state index contributed by atoms with van der Waals surface area (Å²) in [6, 6.07) is 4.24. The van der Waals surface area contributed by atoms with Gasteiger partial charge in [0.15, 0.2) is 0 Å². The smallest absolute Gasteiger partial charge is 0.126 e. The van der Waals surface area contributed by atoms with E-state index in [-0.39, 0.29) is 11.2 Å². The second kappa shape index (κ2) is 7.25. The number of rotatable bonds is 2. The van der Waals surface area contributed by atoms with Crippen LogP contribution in [0.1, 0.15) is 64.4 Å². The molecule has 2 aliphatic rings. The summed E-state index contributed by atoms with van der Waals surface area (Å²) in [7, 11) is 0. The summed E-state index contributed by atoms with van der Waals surface area (Å²) in [5.41, 5.74) is 1.04. The molecule has 0 aliphatic carbocycles. The number of hydrogen-bond donors (Lipinski definition) is 0. The van der Waals surface area contributed by atoms with Gasteiger partial charge >= 0.3 is 0 Å². The molecular formula is C21H30N2O. The Morgan fingerprint density at radius 2 is 2.17 bits per heavy atom. The first-order valence-corrected chi connectivity index (χ1v) is 9.28. The van der Waals surface area contributed by atoms with E-state index >= 15 is 0 Å². The van der Waals surface area contributed by atoms with Crippen molar-refractivity contribution in [1.29, 1.82) is 0 Å². The predicted molar refractivity (Wildman–Crippen MR) is 97.8 cm³/mol. The van der Waals surface area contributed by atoms with Crippen LogP contribution < -0.4 is 0 Å². The SMILES string of the molecule is CC1(C)CCC[C@@](C)(C#CCN2CCC[C@@H](c3cccnc3)C2)O1. The van der Waals surface area contributed by atoms with Crippen LogP contribution in [0.2, 0.25) is 0 Å². The minimum absolute atomic E-state index is 0.0434. The number of ether oxygens (including phenoxy) is 1. The third-order valence-corrected chi connectivity index (χ3v) is 5.25. The maximum Gasteiger partial charge on any atom is 0.126 e. The van der Waals surface area contributed by atoms with Crippen LogP contribution in [-0.2, 0) is 4.74 Å². The van der Waals surface area contributed by atoms with Crippen LogP contribution in [0.3, 0.4) is 0 Å². The summed E-state index contributed by atoms with van der Waals surface area (Å²) in [6.07, 6.45) is 9.73. The van der Waals surface area contributed by atoms with Crippen molar-refractivity contribution < 1.29 is 4.74 Å². The van der Waals surface area contributed by atoms with Gasteiger partial charge in [0.2, 0.25) is 0 Å². The summed E-state index contributed by atoms with van der Waals surface area (Å²) in [5, 5.41) is 0. The van der Waals surface area contributed by atoms with Crippen LogP contribution in [0, 0.1) is 11.8 Å². The number of aromatic nitrogens is 1. The molecule has 24 heavy (non-hydrogen) atoms. The van der Waals surface area contributed by atoms with E-state index in [1.165, 1.54) is 24.8 Å². The Morgan fingerprint density at radius 3 is 2.92 bits per heavy atom. The first kappa shape index (κ1) is 17.5. The average molecular weight is 326 g/mol. The maximum atomic E-state index is 6.24. The molecule has 3 heterocycles. The highest BCUT2D eigenvalue weighted by atomic mass is 16.5. The van der Waals surface area contributed by atoms with Gasteiger partial charge in [0, 0.05) is 18.9 Å². The lowest BCUT2D eigenvalue weighted by molar-refractivity contribution is -0.135. The van der Waals surface area contributed by atoms with E-state index in [0.29, 0.717) is 5.92 Å². The van der Waals surface area contributed by atoms with Crippen molar-refractivity contribution in [2.75, 3.05) is 19.6 Å². The molecule has 0 saturated carbocycles. The molecule has 1 aromatic heterocycles. The lowest BCUT2D eigenvalue weighted by Crippen LogP contribution is -2.42. The lowest BCUT2D eigenvalue weighted by Gasteiger charge is -2.40. The monoisotopic (exact) mass is 326 g/mol. The summed E-state index contributed by atoms with van der Waals surface area (Å²) in [6.45, 7) is 9.58. The second-order valence-electron chi connectivity index (χ2n) is 8.11. The Bertz CT molecular complexity index is 601. The van der Waals surface area contributed by atoms with Gasteiger partial charge in [-0.3, -0.25) is 9.88 Å². The number of hydrogen-bond acceptors (Lipinski definition) is 3. The Labute approximate surface area is 146 Å². The minimum atomic E-state index is -0.277. The van der Waals surface area contributed by atoms with E-state index in [4.69, 9.17) is 4.74 Å². The predicted octanol–water partition coefficient (Wildman–Crippen LogP) is 4.00. The normalized spacial score (nSPS) is 30.4. The fraction of sp³-hybridized carbons (Fsp3) is 0.667. The van der Waals surface area contributed by atoms with E-state index in [1.54, 1.807) is 0 Å². The van der Waals surface area contributed by atoms with Crippen LogP contribution >= 0.6 is 0 Å².